The van der Waals surface area contributed by atoms with Crippen molar-refractivity contribution in [3.05, 3.63) is 72.1 Å². The molecular weight excluding hydrogens is 395 g/mol. The number of hydrogen-bond donors (Lipinski definition) is 2. The first kappa shape index (κ1) is 21.4. The standard InChI is InChI=1S/C22H20F3N3O2/c1-21(30,14-28-10-9-17(13-28)15-5-3-2-4-6-15)20(29)27-18-8-7-16(12-26)19(11-18)22(23,24)25/h2-10,13,18,30H,11,14H2,1H3,(H,27,29)/t18?,21-/m0/s1. The number of amides is 1. The average Bonchev–Trinajstić information content (AvgIpc) is 3.15. The third-order valence-electron chi connectivity index (χ3n) is 4.86. The maximum absolute atomic E-state index is 13.1. The molecule has 0 aliphatic heterocycles. The monoisotopic (exact) mass is 415 g/mol. The van der Waals surface area contributed by atoms with Crippen LogP contribution in [-0.4, -0.2) is 33.4 Å². The van der Waals surface area contributed by atoms with Gasteiger partial charge in [0.15, 0.2) is 5.60 Å². The second-order valence-corrected chi connectivity index (χ2v) is 7.36. The molecular formula is C22H20F3N3O2. The zero-order valence-corrected chi connectivity index (χ0v) is 16.1. The predicted molar refractivity (Wildman–Crippen MR) is 105 cm³/mol. The lowest BCUT2D eigenvalue weighted by atomic mass is 9.93. The van der Waals surface area contributed by atoms with E-state index in [1.54, 1.807) is 17.0 Å². The molecule has 0 radical (unpaired) electrons. The third kappa shape index (κ3) is 4.81. The molecule has 2 N–H and O–H groups in total. The molecule has 0 fully saturated rings. The molecule has 2 aromatic rings. The van der Waals surface area contributed by atoms with Crippen molar-refractivity contribution in [2.24, 2.45) is 0 Å². The van der Waals surface area contributed by atoms with Crippen LogP contribution in [0.15, 0.2) is 72.1 Å². The van der Waals surface area contributed by atoms with Gasteiger partial charge < -0.3 is 15.0 Å². The molecule has 1 aliphatic rings. The number of carbonyl (C=O) groups excluding carboxylic acids is 1. The number of nitriles is 1. The molecule has 1 aromatic heterocycles. The Labute approximate surface area is 171 Å². The van der Waals surface area contributed by atoms with Crippen LogP contribution < -0.4 is 5.32 Å². The largest absolute Gasteiger partial charge is 0.414 e. The highest BCUT2D eigenvalue weighted by Gasteiger charge is 2.40. The Kier molecular flexibility index (Phi) is 5.85. The van der Waals surface area contributed by atoms with Crippen LogP contribution in [0.25, 0.3) is 11.1 Å². The number of alkyl halides is 3. The highest BCUT2D eigenvalue weighted by atomic mass is 19.4. The summed E-state index contributed by atoms with van der Waals surface area (Å²) in [6.45, 7) is 1.23. The Bertz CT molecular complexity index is 1030. The van der Waals surface area contributed by atoms with Gasteiger partial charge in [0.05, 0.1) is 29.8 Å². The number of benzene rings is 1. The molecule has 2 atom stereocenters. The molecule has 1 aliphatic carbocycles. The van der Waals surface area contributed by atoms with E-state index in [1.807, 2.05) is 36.4 Å². The fourth-order valence-electron chi connectivity index (χ4n) is 3.27. The normalized spacial score (nSPS) is 18.6. The molecule has 3 rings (SSSR count). The summed E-state index contributed by atoms with van der Waals surface area (Å²) in [7, 11) is 0. The highest BCUT2D eigenvalue weighted by molar-refractivity contribution is 5.85. The molecule has 5 nitrogen and oxygen atoms in total. The molecule has 156 valence electrons. The number of aliphatic hydroxyl groups is 1. The maximum atomic E-state index is 13.1. The number of allylic oxidation sites excluding steroid dienone is 2. The first-order valence-corrected chi connectivity index (χ1v) is 9.23. The van der Waals surface area contributed by atoms with E-state index in [1.165, 1.54) is 19.1 Å². The van der Waals surface area contributed by atoms with Crippen molar-refractivity contribution in [1.29, 1.82) is 5.26 Å². The minimum absolute atomic E-state index is 0.0759. The summed E-state index contributed by atoms with van der Waals surface area (Å²) >= 11 is 0. The van der Waals surface area contributed by atoms with Gasteiger partial charge >= 0.3 is 6.18 Å². The molecule has 8 heteroatoms. The van der Waals surface area contributed by atoms with Crippen molar-refractivity contribution in [3.8, 4) is 17.2 Å². The molecule has 1 unspecified atom stereocenters. The van der Waals surface area contributed by atoms with E-state index < -0.39 is 41.3 Å². The third-order valence-corrected chi connectivity index (χ3v) is 4.86. The summed E-state index contributed by atoms with van der Waals surface area (Å²) in [5.74, 6) is -0.797. The van der Waals surface area contributed by atoms with Gasteiger partial charge in [0.25, 0.3) is 5.91 Å². The Morgan fingerprint density at radius 1 is 1.27 bits per heavy atom. The Morgan fingerprint density at radius 2 is 1.97 bits per heavy atom. The van der Waals surface area contributed by atoms with Crippen LogP contribution in [-0.2, 0) is 11.3 Å². The first-order chi connectivity index (χ1) is 14.1. The van der Waals surface area contributed by atoms with Crippen molar-refractivity contribution < 1.29 is 23.1 Å². The van der Waals surface area contributed by atoms with Crippen molar-refractivity contribution in [1.82, 2.24) is 9.88 Å². The predicted octanol–water partition coefficient (Wildman–Crippen LogP) is 3.73. The summed E-state index contributed by atoms with van der Waals surface area (Å²) < 4.78 is 41.1. The van der Waals surface area contributed by atoms with E-state index in [9.17, 15) is 23.1 Å². The molecule has 30 heavy (non-hydrogen) atoms. The lowest BCUT2D eigenvalue weighted by Gasteiger charge is -2.28. The van der Waals surface area contributed by atoms with Crippen LogP contribution in [0, 0.1) is 11.3 Å². The average molecular weight is 415 g/mol. The van der Waals surface area contributed by atoms with Gasteiger partial charge in [-0.2, -0.15) is 18.4 Å². The zero-order valence-electron chi connectivity index (χ0n) is 16.1. The van der Waals surface area contributed by atoms with Crippen molar-refractivity contribution >= 4 is 5.91 Å². The Balaban J connectivity index is 1.67. The molecule has 1 aromatic carbocycles. The number of carbonyl (C=O) groups is 1. The van der Waals surface area contributed by atoms with Gasteiger partial charge in [-0.15, -0.1) is 0 Å². The number of hydrogen-bond acceptors (Lipinski definition) is 3. The zero-order chi connectivity index (χ0) is 21.9. The minimum atomic E-state index is -4.67. The van der Waals surface area contributed by atoms with Crippen LogP contribution in [0.1, 0.15) is 13.3 Å². The van der Waals surface area contributed by atoms with Crippen molar-refractivity contribution in [2.75, 3.05) is 0 Å². The van der Waals surface area contributed by atoms with Crippen LogP contribution >= 0.6 is 0 Å². The molecule has 1 amide bonds. The van der Waals surface area contributed by atoms with E-state index in [-0.39, 0.29) is 6.54 Å². The fraction of sp³-hybridized carbons (Fsp3) is 0.273. The number of aromatic nitrogens is 1. The van der Waals surface area contributed by atoms with Crippen LogP contribution in [0.2, 0.25) is 0 Å². The summed E-state index contributed by atoms with van der Waals surface area (Å²) in [4.78, 5) is 12.6. The topological polar surface area (TPSA) is 78.1 Å². The van der Waals surface area contributed by atoms with Crippen LogP contribution in [0.4, 0.5) is 13.2 Å². The lowest BCUT2D eigenvalue weighted by Crippen LogP contribution is -2.50. The Hall–Kier alpha value is -3.31. The quantitative estimate of drug-likeness (QED) is 0.781. The molecule has 0 saturated carbocycles. The second-order valence-electron chi connectivity index (χ2n) is 7.36. The minimum Gasteiger partial charge on any atom is -0.378 e. The molecule has 0 spiro atoms. The van der Waals surface area contributed by atoms with E-state index in [0.717, 1.165) is 17.2 Å². The van der Waals surface area contributed by atoms with E-state index in [4.69, 9.17) is 5.26 Å². The lowest BCUT2D eigenvalue weighted by molar-refractivity contribution is -0.140. The van der Waals surface area contributed by atoms with Gasteiger partial charge in [0, 0.05) is 18.8 Å². The number of rotatable bonds is 5. The van der Waals surface area contributed by atoms with Gasteiger partial charge in [-0.3, -0.25) is 4.79 Å². The summed E-state index contributed by atoms with van der Waals surface area (Å²) in [5.41, 5.74) is -1.42. The highest BCUT2D eigenvalue weighted by Crippen LogP contribution is 2.34. The summed E-state index contributed by atoms with van der Waals surface area (Å²) in [6, 6.07) is 12.0. The van der Waals surface area contributed by atoms with Crippen LogP contribution in [0.5, 0.6) is 0 Å². The number of nitrogens with zero attached hydrogens (tertiary/aromatic N) is 2. The SMILES string of the molecule is C[C@](O)(Cn1ccc(-c2ccccc2)c1)C(=O)NC1C=CC(C#N)=C(C(F)(F)F)C1. The smallest absolute Gasteiger partial charge is 0.378 e. The fourth-order valence-corrected chi connectivity index (χ4v) is 3.27. The van der Waals surface area contributed by atoms with Crippen LogP contribution in [0.3, 0.4) is 0 Å². The van der Waals surface area contributed by atoms with Gasteiger partial charge in [-0.05, 0) is 30.2 Å². The summed E-state index contributed by atoms with van der Waals surface area (Å²) in [5, 5.41) is 21.9. The second kappa shape index (κ2) is 8.20. The number of halogens is 3. The molecule has 0 bridgehead atoms. The van der Waals surface area contributed by atoms with E-state index in [2.05, 4.69) is 5.32 Å². The van der Waals surface area contributed by atoms with Crippen molar-refractivity contribution in [3.63, 3.8) is 0 Å². The summed E-state index contributed by atoms with van der Waals surface area (Å²) in [6.07, 6.45) is 0.636. The van der Waals surface area contributed by atoms with Crippen molar-refractivity contribution in [2.45, 2.75) is 37.7 Å². The van der Waals surface area contributed by atoms with E-state index in [0.29, 0.717) is 0 Å². The van der Waals surface area contributed by atoms with Gasteiger partial charge in [0.2, 0.25) is 0 Å². The Morgan fingerprint density at radius 3 is 2.60 bits per heavy atom. The van der Waals surface area contributed by atoms with Gasteiger partial charge in [0.1, 0.15) is 0 Å². The first-order valence-electron chi connectivity index (χ1n) is 9.23. The number of nitrogens with one attached hydrogen (secondary N) is 1. The molecule has 1 heterocycles. The maximum Gasteiger partial charge on any atom is 0.414 e. The van der Waals surface area contributed by atoms with E-state index >= 15 is 0 Å². The molecule has 0 saturated heterocycles. The van der Waals surface area contributed by atoms with Gasteiger partial charge in [-0.25, -0.2) is 0 Å². The van der Waals surface area contributed by atoms with Gasteiger partial charge in [-0.1, -0.05) is 36.4 Å².